The summed E-state index contributed by atoms with van der Waals surface area (Å²) in [6.45, 7) is 2.62. The molecule has 0 saturated heterocycles. The highest BCUT2D eigenvalue weighted by atomic mass is 19.1. The fourth-order valence-corrected chi connectivity index (χ4v) is 1.85. The Morgan fingerprint density at radius 2 is 1.82 bits per heavy atom. The standard InChI is InChI=1S/C17H19FN2O2/c1-13(12-22-16-9-7-15(18)8-10-16)20-17(21)19-11-14-5-3-2-4-6-14/h2-10,13H,11-12H2,1H3,(H2,19,20,21). The predicted molar refractivity (Wildman–Crippen MR) is 83.2 cm³/mol. The normalized spacial score (nSPS) is 11.5. The second-order valence-electron chi connectivity index (χ2n) is 4.98. The smallest absolute Gasteiger partial charge is 0.315 e. The van der Waals surface area contributed by atoms with Gasteiger partial charge in [-0.15, -0.1) is 0 Å². The summed E-state index contributed by atoms with van der Waals surface area (Å²) >= 11 is 0. The molecule has 0 aliphatic heterocycles. The molecule has 4 nitrogen and oxygen atoms in total. The van der Waals surface area contributed by atoms with Crippen molar-refractivity contribution in [2.45, 2.75) is 19.5 Å². The predicted octanol–water partition coefficient (Wildman–Crippen LogP) is 3.09. The largest absolute Gasteiger partial charge is 0.491 e. The van der Waals surface area contributed by atoms with Gasteiger partial charge in [0.1, 0.15) is 18.2 Å². The molecule has 2 aromatic rings. The number of ether oxygens (including phenoxy) is 1. The van der Waals surface area contributed by atoms with Gasteiger partial charge in [-0.1, -0.05) is 30.3 Å². The van der Waals surface area contributed by atoms with Gasteiger partial charge in [0.15, 0.2) is 0 Å². The Labute approximate surface area is 129 Å². The maximum absolute atomic E-state index is 12.8. The highest BCUT2D eigenvalue weighted by molar-refractivity contribution is 5.74. The van der Waals surface area contributed by atoms with E-state index >= 15 is 0 Å². The summed E-state index contributed by atoms with van der Waals surface area (Å²) in [4.78, 5) is 11.8. The van der Waals surface area contributed by atoms with Crippen molar-refractivity contribution in [1.82, 2.24) is 10.6 Å². The number of amides is 2. The molecule has 2 aromatic carbocycles. The molecule has 116 valence electrons. The van der Waals surface area contributed by atoms with Crippen molar-refractivity contribution >= 4 is 6.03 Å². The number of benzene rings is 2. The van der Waals surface area contributed by atoms with Crippen LogP contribution in [0, 0.1) is 5.82 Å². The lowest BCUT2D eigenvalue weighted by Crippen LogP contribution is -2.42. The van der Waals surface area contributed by atoms with Crippen LogP contribution in [0.5, 0.6) is 5.75 Å². The summed E-state index contributed by atoms with van der Waals surface area (Å²) in [7, 11) is 0. The number of hydrogen-bond acceptors (Lipinski definition) is 2. The highest BCUT2D eigenvalue weighted by Crippen LogP contribution is 2.11. The van der Waals surface area contributed by atoms with Crippen LogP contribution in [0.25, 0.3) is 0 Å². The Bertz CT molecular complexity index is 587. The van der Waals surface area contributed by atoms with Gasteiger partial charge in [0, 0.05) is 6.54 Å². The molecule has 2 N–H and O–H groups in total. The van der Waals surface area contributed by atoms with Crippen molar-refractivity contribution in [1.29, 1.82) is 0 Å². The molecule has 0 saturated carbocycles. The quantitative estimate of drug-likeness (QED) is 0.861. The van der Waals surface area contributed by atoms with Crippen LogP contribution >= 0.6 is 0 Å². The molecule has 0 fully saturated rings. The van der Waals surface area contributed by atoms with E-state index in [2.05, 4.69) is 10.6 Å². The van der Waals surface area contributed by atoms with Gasteiger partial charge in [-0.25, -0.2) is 9.18 Å². The first kappa shape index (κ1) is 15.8. The van der Waals surface area contributed by atoms with Crippen molar-refractivity contribution < 1.29 is 13.9 Å². The maximum atomic E-state index is 12.8. The Balaban J connectivity index is 1.68. The first-order valence-electron chi connectivity index (χ1n) is 7.10. The van der Waals surface area contributed by atoms with Gasteiger partial charge < -0.3 is 15.4 Å². The molecular formula is C17H19FN2O2. The summed E-state index contributed by atoms with van der Waals surface area (Å²) in [6.07, 6.45) is 0. The fourth-order valence-electron chi connectivity index (χ4n) is 1.85. The van der Waals surface area contributed by atoms with E-state index in [-0.39, 0.29) is 17.9 Å². The van der Waals surface area contributed by atoms with Crippen LogP contribution in [0.2, 0.25) is 0 Å². The van der Waals surface area contributed by atoms with E-state index in [9.17, 15) is 9.18 Å². The third-order valence-electron chi connectivity index (χ3n) is 2.99. The summed E-state index contributed by atoms with van der Waals surface area (Å²) in [5, 5.41) is 5.56. The van der Waals surface area contributed by atoms with Gasteiger partial charge in [-0.05, 0) is 36.8 Å². The Morgan fingerprint density at radius 1 is 1.14 bits per heavy atom. The molecule has 0 spiro atoms. The van der Waals surface area contributed by atoms with Crippen molar-refractivity contribution in [3.63, 3.8) is 0 Å². The number of nitrogens with one attached hydrogen (secondary N) is 2. The molecule has 1 unspecified atom stereocenters. The van der Waals surface area contributed by atoms with Crippen LogP contribution < -0.4 is 15.4 Å². The summed E-state index contributed by atoms with van der Waals surface area (Å²) in [6, 6.07) is 15.0. The SMILES string of the molecule is CC(COc1ccc(F)cc1)NC(=O)NCc1ccccc1. The van der Waals surface area contributed by atoms with Crippen LogP contribution in [0.3, 0.4) is 0 Å². The second kappa shape index (κ2) is 8.02. The van der Waals surface area contributed by atoms with E-state index in [0.29, 0.717) is 18.9 Å². The lowest BCUT2D eigenvalue weighted by molar-refractivity contribution is 0.226. The lowest BCUT2D eigenvalue weighted by atomic mass is 10.2. The van der Waals surface area contributed by atoms with Crippen molar-refractivity contribution in [2.75, 3.05) is 6.61 Å². The average molecular weight is 302 g/mol. The van der Waals surface area contributed by atoms with Gasteiger partial charge >= 0.3 is 6.03 Å². The first-order valence-corrected chi connectivity index (χ1v) is 7.10. The summed E-state index contributed by atoms with van der Waals surface area (Å²) < 4.78 is 18.2. The van der Waals surface area contributed by atoms with Gasteiger partial charge in [0.25, 0.3) is 0 Å². The summed E-state index contributed by atoms with van der Waals surface area (Å²) in [5.41, 5.74) is 1.04. The monoisotopic (exact) mass is 302 g/mol. The zero-order valence-corrected chi connectivity index (χ0v) is 12.4. The molecule has 5 heteroatoms. The van der Waals surface area contributed by atoms with E-state index < -0.39 is 0 Å². The minimum absolute atomic E-state index is 0.166. The molecule has 22 heavy (non-hydrogen) atoms. The molecule has 1 atom stereocenters. The van der Waals surface area contributed by atoms with E-state index in [1.165, 1.54) is 12.1 Å². The number of halogens is 1. The van der Waals surface area contributed by atoms with Gasteiger partial charge in [-0.3, -0.25) is 0 Å². The summed E-state index contributed by atoms with van der Waals surface area (Å²) in [5.74, 6) is 0.263. The highest BCUT2D eigenvalue weighted by Gasteiger charge is 2.07. The van der Waals surface area contributed by atoms with Gasteiger partial charge in [0.2, 0.25) is 0 Å². The van der Waals surface area contributed by atoms with Crippen LogP contribution in [0.1, 0.15) is 12.5 Å². The maximum Gasteiger partial charge on any atom is 0.315 e. The molecule has 0 heterocycles. The second-order valence-corrected chi connectivity index (χ2v) is 4.98. The molecule has 0 bridgehead atoms. The van der Waals surface area contributed by atoms with E-state index in [4.69, 9.17) is 4.74 Å². The van der Waals surface area contributed by atoms with Crippen LogP contribution in [-0.2, 0) is 6.54 Å². The van der Waals surface area contributed by atoms with E-state index in [0.717, 1.165) is 5.56 Å². The molecular weight excluding hydrogens is 283 g/mol. The Morgan fingerprint density at radius 3 is 2.50 bits per heavy atom. The average Bonchev–Trinajstić information content (AvgIpc) is 2.53. The molecule has 2 rings (SSSR count). The molecule has 0 aromatic heterocycles. The van der Waals surface area contributed by atoms with Crippen molar-refractivity contribution in [2.24, 2.45) is 0 Å². The fraction of sp³-hybridized carbons (Fsp3) is 0.235. The molecule has 0 radical (unpaired) electrons. The van der Waals surface area contributed by atoms with E-state index in [1.807, 2.05) is 37.3 Å². The number of carbonyl (C=O) groups excluding carboxylic acids is 1. The first-order chi connectivity index (χ1) is 10.6. The number of hydrogen-bond donors (Lipinski definition) is 2. The van der Waals surface area contributed by atoms with Gasteiger partial charge in [-0.2, -0.15) is 0 Å². The third kappa shape index (κ3) is 5.44. The van der Waals surface area contributed by atoms with Gasteiger partial charge in [0.05, 0.1) is 6.04 Å². The minimum atomic E-state index is -0.307. The Kier molecular flexibility index (Phi) is 5.77. The number of urea groups is 1. The molecule has 0 aliphatic carbocycles. The van der Waals surface area contributed by atoms with Crippen LogP contribution in [0.15, 0.2) is 54.6 Å². The zero-order chi connectivity index (χ0) is 15.8. The molecule has 0 aliphatic rings. The number of rotatable bonds is 6. The zero-order valence-electron chi connectivity index (χ0n) is 12.4. The molecule has 2 amide bonds. The lowest BCUT2D eigenvalue weighted by Gasteiger charge is -2.15. The van der Waals surface area contributed by atoms with Crippen molar-refractivity contribution in [3.05, 3.63) is 66.0 Å². The third-order valence-corrected chi connectivity index (χ3v) is 2.99. The van der Waals surface area contributed by atoms with Crippen molar-refractivity contribution in [3.8, 4) is 5.75 Å². The van der Waals surface area contributed by atoms with Crippen LogP contribution in [0.4, 0.5) is 9.18 Å². The number of carbonyl (C=O) groups is 1. The van der Waals surface area contributed by atoms with Crippen LogP contribution in [-0.4, -0.2) is 18.7 Å². The Hall–Kier alpha value is -2.56. The topological polar surface area (TPSA) is 50.4 Å². The minimum Gasteiger partial charge on any atom is -0.491 e. The van der Waals surface area contributed by atoms with E-state index in [1.54, 1.807) is 12.1 Å².